The molecule has 0 radical (unpaired) electrons. The van der Waals surface area contributed by atoms with Crippen molar-refractivity contribution in [1.82, 2.24) is 15.5 Å². The van der Waals surface area contributed by atoms with Crippen molar-refractivity contribution in [3.8, 4) is 0 Å². The van der Waals surface area contributed by atoms with Crippen LogP contribution in [-0.2, 0) is 4.79 Å². The summed E-state index contributed by atoms with van der Waals surface area (Å²) >= 11 is 1.94. The van der Waals surface area contributed by atoms with Crippen LogP contribution in [0, 0.1) is 11.7 Å². The molecule has 0 bridgehead atoms. The Morgan fingerprint density at radius 2 is 1.86 bits per heavy atom. The molecule has 2 aliphatic carbocycles. The highest BCUT2D eigenvalue weighted by molar-refractivity contribution is 7.99. The van der Waals surface area contributed by atoms with E-state index in [1.54, 1.807) is 13.1 Å². The first-order valence-corrected chi connectivity index (χ1v) is 11.9. The molecule has 2 atom stereocenters. The molecule has 7 heteroatoms. The van der Waals surface area contributed by atoms with Crippen molar-refractivity contribution in [1.29, 1.82) is 0 Å². The second-order valence-corrected chi connectivity index (χ2v) is 9.54. The van der Waals surface area contributed by atoms with E-state index in [9.17, 15) is 9.18 Å². The minimum absolute atomic E-state index is 0.125. The summed E-state index contributed by atoms with van der Waals surface area (Å²) in [6, 6.07) is 7.59. The summed E-state index contributed by atoms with van der Waals surface area (Å²) in [6.07, 6.45) is 4.79. The third-order valence-electron chi connectivity index (χ3n) is 6.38. The van der Waals surface area contributed by atoms with E-state index in [0.717, 1.165) is 68.2 Å². The Labute approximate surface area is 176 Å². The first-order valence-electron chi connectivity index (χ1n) is 10.8. The van der Waals surface area contributed by atoms with Crippen molar-refractivity contribution >= 4 is 23.6 Å². The maximum absolute atomic E-state index is 14.0. The Kier molecular flexibility index (Phi) is 6.63. The van der Waals surface area contributed by atoms with E-state index in [1.807, 2.05) is 23.9 Å². The number of carbonyl (C=O) groups excluding carboxylic acids is 1. The minimum atomic E-state index is -0.125. The molecule has 1 heterocycles. The van der Waals surface area contributed by atoms with Gasteiger partial charge in [0, 0.05) is 55.6 Å². The first-order chi connectivity index (χ1) is 14.2. The molecule has 1 saturated heterocycles. The van der Waals surface area contributed by atoms with Crippen molar-refractivity contribution < 1.29 is 9.18 Å². The Bertz CT molecular complexity index is 744. The molecular weight excluding hydrogens is 387 g/mol. The van der Waals surface area contributed by atoms with Gasteiger partial charge in [-0.15, -0.1) is 0 Å². The molecule has 0 aromatic heterocycles. The third kappa shape index (κ3) is 5.05. The quantitative estimate of drug-likeness (QED) is 0.583. The standard InChI is InChI=1S/C22H31FN4OS/c1-24-22(26-20-14-18(20)17-4-2-3-5-19(17)23)25-16-8-6-15(7-9-16)21(28)27-10-12-29-13-11-27/h2-5,15-16,18,20H,6-14H2,1H3,(H2,24,25,26). The molecule has 0 spiro atoms. The Hall–Kier alpha value is -1.76. The minimum Gasteiger partial charge on any atom is -0.354 e. The number of amides is 1. The molecule has 1 aliphatic heterocycles. The molecule has 3 aliphatic rings. The molecule has 5 nitrogen and oxygen atoms in total. The summed E-state index contributed by atoms with van der Waals surface area (Å²) < 4.78 is 14.0. The van der Waals surface area contributed by atoms with Crippen LogP contribution in [0.15, 0.2) is 29.3 Å². The number of rotatable bonds is 4. The van der Waals surface area contributed by atoms with Crippen LogP contribution in [0.4, 0.5) is 4.39 Å². The third-order valence-corrected chi connectivity index (χ3v) is 7.32. The van der Waals surface area contributed by atoms with E-state index < -0.39 is 0 Å². The van der Waals surface area contributed by atoms with Gasteiger partial charge in [-0.05, 0) is 43.7 Å². The highest BCUT2D eigenvalue weighted by Crippen LogP contribution is 2.41. The highest BCUT2D eigenvalue weighted by atomic mass is 32.2. The fraction of sp³-hybridized carbons (Fsp3) is 0.636. The molecule has 1 aromatic rings. The number of hydrogen-bond acceptors (Lipinski definition) is 3. The van der Waals surface area contributed by atoms with Crippen molar-refractivity contribution in [3.05, 3.63) is 35.6 Å². The van der Waals surface area contributed by atoms with Gasteiger partial charge in [0.25, 0.3) is 0 Å². The number of benzene rings is 1. The van der Waals surface area contributed by atoms with E-state index in [4.69, 9.17) is 0 Å². The Morgan fingerprint density at radius 3 is 2.55 bits per heavy atom. The monoisotopic (exact) mass is 418 g/mol. The number of nitrogens with zero attached hydrogens (tertiary/aromatic N) is 2. The summed E-state index contributed by atoms with van der Waals surface area (Å²) in [4.78, 5) is 19.1. The SMILES string of the molecule is CN=C(NC1CCC(C(=O)N2CCSCC2)CC1)NC1CC1c1ccccc1F. The fourth-order valence-corrected chi connectivity index (χ4v) is 5.44. The van der Waals surface area contributed by atoms with Gasteiger partial charge in [-0.2, -0.15) is 11.8 Å². The molecule has 29 heavy (non-hydrogen) atoms. The van der Waals surface area contributed by atoms with Gasteiger partial charge in [0.15, 0.2) is 5.96 Å². The largest absolute Gasteiger partial charge is 0.354 e. The Balaban J connectivity index is 1.22. The zero-order valence-corrected chi connectivity index (χ0v) is 17.9. The second kappa shape index (κ2) is 9.37. The van der Waals surface area contributed by atoms with Crippen LogP contribution < -0.4 is 10.6 Å². The molecule has 2 N–H and O–H groups in total. The molecular formula is C22H31FN4OS. The summed E-state index contributed by atoms with van der Waals surface area (Å²) in [5.41, 5.74) is 0.788. The lowest BCUT2D eigenvalue weighted by atomic mass is 9.85. The van der Waals surface area contributed by atoms with Crippen molar-refractivity contribution in [2.24, 2.45) is 10.9 Å². The van der Waals surface area contributed by atoms with Crippen LogP contribution >= 0.6 is 11.8 Å². The van der Waals surface area contributed by atoms with E-state index in [1.165, 1.54) is 6.07 Å². The van der Waals surface area contributed by atoms with Gasteiger partial charge in [0.2, 0.25) is 5.91 Å². The van der Waals surface area contributed by atoms with E-state index in [-0.39, 0.29) is 23.7 Å². The van der Waals surface area contributed by atoms with Gasteiger partial charge < -0.3 is 15.5 Å². The van der Waals surface area contributed by atoms with Gasteiger partial charge in [0.1, 0.15) is 5.82 Å². The van der Waals surface area contributed by atoms with Crippen LogP contribution in [0.5, 0.6) is 0 Å². The topological polar surface area (TPSA) is 56.7 Å². The summed E-state index contributed by atoms with van der Waals surface area (Å²) in [5, 5.41) is 6.96. The Morgan fingerprint density at radius 1 is 1.14 bits per heavy atom. The summed E-state index contributed by atoms with van der Waals surface area (Å²) in [6.45, 7) is 1.81. The van der Waals surface area contributed by atoms with E-state index in [2.05, 4.69) is 20.5 Å². The van der Waals surface area contributed by atoms with Crippen LogP contribution in [0.3, 0.4) is 0 Å². The maximum atomic E-state index is 14.0. The number of guanidine groups is 1. The molecule has 1 amide bonds. The average molecular weight is 419 g/mol. The summed E-state index contributed by atoms with van der Waals surface area (Å²) in [7, 11) is 1.78. The van der Waals surface area contributed by atoms with Crippen molar-refractivity contribution in [3.63, 3.8) is 0 Å². The number of carbonyl (C=O) groups is 1. The second-order valence-electron chi connectivity index (χ2n) is 8.32. The van der Waals surface area contributed by atoms with Crippen LogP contribution in [0.25, 0.3) is 0 Å². The number of aliphatic imine (C=N–C) groups is 1. The lowest BCUT2D eigenvalue weighted by Crippen LogP contribution is -2.47. The highest BCUT2D eigenvalue weighted by Gasteiger charge is 2.41. The van der Waals surface area contributed by atoms with Gasteiger partial charge in [-0.25, -0.2) is 4.39 Å². The van der Waals surface area contributed by atoms with Gasteiger partial charge in [0.05, 0.1) is 0 Å². The molecule has 4 rings (SSSR count). The average Bonchev–Trinajstić information content (AvgIpc) is 3.53. The molecule has 3 fully saturated rings. The van der Waals surface area contributed by atoms with Gasteiger partial charge in [-0.3, -0.25) is 9.79 Å². The predicted octanol–water partition coefficient (Wildman–Crippen LogP) is 2.98. The zero-order valence-electron chi connectivity index (χ0n) is 17.1. The molecule has 1 aromatic carbocycles. The first kappa shape index (κ1) is 20.5. The number of thioether (sulfide) groups is 1. The predicted molar refractivity (Wildman–Crippen MR) is 117 cm³/mol. The fourth-order valence-electron chi connectivity index (χ4n) is 4.54. The van der Waals surface area contributed by atoms with Crippen LogP contribution in [-0.4, -0.2) is 60.5 Å². The van der Waals surface area contributed by atoms with Gasteiger partial charge in [-0.1, -0.05) is 18.2 Å². The number of hydrogen-bond donors (Lipinski definition) is 2. The lowest BCUT2D eigenvalue weighted by molar-refractivity contribution is -0.136. The maximum Gasteiger partial charge on any atom is 0.225 e. The normalized spacial score (nSPS) is 30.0. The van der Waals surface area contributed by atoms with Crippen LogP contribution in [0.2, 0.25) is 0 Å². The zero-order chi connectivity index (χ0) is 20.2. The summed E-state index contributed by atoms with van der Waals surface area (Å²) in [5.74, 6) is 3.55. The smallest absolute Gasteiger partial charge is 0.225 e. The van der Waals surface area contributed by atoms with Crippen molar-refractivity contribution in [2.75, 3.05) is 31.6 Å². The molecule has 158 valence electrons. The number of nitrogens with one attached hydrogen (secondary N) is 2. The lowest BCUT2D eigenvalue weighted by Gasteiger charge is -2.34. The molecule has 2 saturated carbocycles. The van der Waals surface area contributed by atoms with Gasteiger partial charge >= 0.3 is 0 Å². The molecule has 2 unspecified atom stereocenters. The van der Waals surface area contributed by atoms with E-state index >= 15 is 0 Å². The van der Waals surface area contributed by atoms with E-state index in [0.29, 0.717) is 11.9 Å². The van der Waals surface area contributed by atoms with Crippen LogP contribution in [0.1, 0.15) is 43.6 Å². The number of halogens is 1. The van der Waals surface area contributed by atoms with Crippen molar-refractivity contribution in [2.45, 2.75) is 50.1 Å².